The molecule has 1 unspecified atom stereocenters. The van der Waals surface area contributed by atoms with E-state index in [0.29, 0.717) is 6.04 Å². The second-order valence-corrected chi connectivity index (χ2v) is 5.93. The molecule has 1 aliphatic heterocycles. The number of hydrogen-bond donors (Lipinski definition) is 1. The predicted octanol–water partition coefficient (Wildman–Crippen LogP) is 2.85. The number of piperazine rings is 1. The van der Waals surface area contributed by atoms with Crippen molar-refractivity contribution in [1.29, 1.82) is 0 Å². The average Bonchev–Trinajstić information content (AvgIpc) is 2.48. The third kappa shape index (κ3) is 4.37. The largest absolute Gasteiger partial charge is 0.369 e. The van der Waals surface area contributed by atoms with Crippen molar-refractivity contribution in [2.75, 3.05) is 44.2 Å². The van der Waals surface area contributed by atoms with E-state index in [1.54, 1.807) is 0 Å². The lowest BCUT2D eigenvalue weighted by Gasteiger charge is -2.39. The molecule has 2 rings (SSSR count). The monoisotopic (exact) mass is 295 g/mol. The average molecular weight is 296 g/mol. The van der Waals surface area contributed by atoms with Gasteiger partial charge < -0.3 is 10.2 Å². The van der Waals surface area contributed by atoms with Gasteiger partial charge in [0.2, 0.25) is 0 Å². The minimum absolute atomic E-state index is 0.668. The van der Waals surface area contributed by atoms with Crippen LogP contribution in [0, 0.1) is 0 Å². The first-order valence-corrected chi connectivity index (χ1v) is 8.03. The van der Waals surface area contributed by atoms with Gasteiger partial charge in [-0.15, -0.1) is 0 Å². The fraction of sp³-hybridized carbons (Fsp3) is 0.625. The number of hydrogen-bond acceptors (Lipinski definition) is 3. The zero-order chi connectivity index (χ0) is 14.4. The highest BCUT2D eigenvalue weighted by atomic mass is 35.5. The second kappa shape index (κ2) is 7.87. The molecule has 0 radical (unpaired) electrons. The third-order valence-electron chi connectivity index (χ3n) is 4.12. The molecule has 1 fully saturated rings. The minimum Gasteiger partial charge on any atom is -0.369 e. The molecular formula is C16H26ClN3. The Labute approximate surface area is 127 Å². The van der Waals surface area contributed by atoms with Crippen LogP contribution in [-0.2, 0) is 0 Å². The highest BCUT2D eigenvalue weighted by Crippen LogP contribution is 2.20. The minimum atomic E-state index is 0.668. The van der Waals surface area contributed by atoms with E-state index < -0.39 is 0 Å². The Hall–Kier alpha value is -0.770. The van der Waals surface area contributed by atoms with E-state index in [1.807, 2.05) is 12.1 Å². The van der Waals surface area contributed by atoms with Gasteiger partial charge in [-0.1, -0.05) is 18.5 Å². The predicted molar refractivity (Wildman–Crippen MR) is 87.9 cm³/mol. The van der Waals surface area contributed by atoms with Crippen molar-refractivity contribution in [2.45, 2.75) is 26.3 Å². The van der Waals surface area contributed by atoms with E-state index in [9.17, 15) is 0 Å². The zero-order valence-corrected chi connectivity index (χ0v) is 13.4. The van der Waals surface area contributed by atoms with Gasteiger partial charge in [-0.3, -0.25) is 4.90 Å². The van der Waals surface area contributed by atoms with Crippen molar-refractivity contribution in [3.05, 3.63) is 29.3 Å². The lowest BCUT2D eigenvalue weighted by atomic mass is 10.1. The molecule has 1 N–H and O–H groups in total. The van der Waals surface area contributed by atoms with Crippen LogP contribution in [0.1, 0.15) is 20.3 Å². The van der Waals surface area contributed by atoms with Crippen LogP contribution >= 0.6 is 11.6 Å². The molecular weight excluding hydrogens is 270 g/mol. The molecule has 0 spiro atoms. The number of nitrogens with zero attached hydrogens (tertiary/aromatic N) is 2. The van der Waals surface area contributed by atoms with Gasteiger partial charge in [0, 0.05) is 42.9 Å². The maximum Gasteiger partial charge on any atom is 0.0407 e. The Balaban J connectivity index is 1.78. The molecule has 112 valence electrons. The topological polar surface area (TPSA) is 18.5 Å². The molecule has 0 amide bonds. The van der Waals surface area contributed by atoms with Gasteiger partial charge in [-0.2, -0.15) is 0 Å². The Kier molecular flexibility index (Phi) is 6.14. The van der Waals surface area contributed by atoms with Gasteiger partial charge in [-0.25, -0.2) is 0 Å². The quantitative estimate of drug-likeness (QED) is 0.814. The molecule has 0 aromatic heterocycles. The molecule has 3 nitrogen and oxygen atoms in total. The van der Waals surface area contributed by atoms with Crippen LogP contribution in [0.15, 0.2) is 24.3 Å². The van der Waals surface area contributed by atoms with Crippen LogP contribution in [0.25, 0.3) is 0 Å². The summed E-state index contributed by atoms with van der Waals surface area (Å²) in [6.45, 7) is 11.2. The highest BCUT2D eigenvalue weighted by molar-refractivity contribution is 6.30. The first-order chi connectivity index (χ1) is 9.70. The number of anilines is 1. The van der Waals surface area contributed by atoms with Gasteiger partial charge in [0.05, 0.1) is 0 Å². The van der Waals surface area contributed by atoms with Crippen LogP contribution in [-0.4, -0.2) is 50.2 Å². The Morgan fingerprint density at radius 2 is 1.80 bits per heavy atom. The van der Waals surface area contributed by atoms with E-state index >= 15 is 0 Å². The molecule has 1 aromatic carbocycles. The van der Waals surface area contributed by atoms with Crippen LogP contribution in [0.3, 0.4) is 0 Å². The smallest absolute Gasteiger partial charge is 0.0407 e. The van der Waals surface area contributed by atoms with E-state index in [-0.39, 0.29) is 0 Å². The number of rotatable bonds is 6. The summed E-state index contributed by atoms with van der Waals surface area (Å²) in [5.74, 6) is 0. The fourth-order valence-electron chi connectivity index (χ4n) is 2.74. The molecule has 1 heterocycles. The molecule has 1 aromatic rings. The van der Waals surface area contributed by atoms with Gasteiger partial charge >= 0.3 is 0 Å². The number of benzene rings is 1. The summed E-state index contributed by atoms with van der Waals surface area (Å²) < 4.78 is 0. The van der Waals surface area contributed by atoms with Crippen LogP contribution in [0.5, 0.6) is 0 Å². The van der Waals surface area contributed by atoms with Crippen LogP contribution in [0.2, 0.25) is 5.02 Å². The summed E-state index contributed by atoms with van der Waals surface area (Å²) in [7, 11) is 0. The summed E-state index contributed by atoms with van der Waals surface area (Å²) in [6.07, 6.45) is 1.23. The lowest BCUT2D eigenvalue weighted by Crippen LogP contribution is -2.50. The fourth-order valence-corrected chi connectivity index (χ4v) is 2.87. The first-order valence-electron chi connectivity index (χ1n) is 7.66. The normalized spacial score (nSPS) is 18.2. The summed E-state index contributed by atoms with van der Waals surface area (Å²) in [6, 6.07) is 8.85. The van der Waals surface area contributed by atoms with Crippen molar-refractivity contribution in [1.82, 2.24) is 10.2 Å². The van der Waals surface area contributed by atoms with E-state index in [4.69, 9.17) is 11.6 Å². The summed E-state index contributed by atoms with van der Waals surface area (Å²) in [4.78, 5) is 5.05. The van der Waals surface area contributed by atoms with E-state index in [2.05, 4.69) is 41.1 Å². The van der Waals surface area contributed by atoms with Crippen molar-refractivity contribution in [3.8, 4) is 0 Å². The number of nitrogens with one attached hydrogen (secondary N) is 1. The van der Waals surface area contributed by atoms with Crippen LogP contribution < -0.4 is 10.2 Å². The first kappa shape index (κ1) is 15.6. The SMILES string of the molecule is CCNCCC(C)N1CCN(c2ccc(Cl)cc2)CC1. The maximum absolute atomic E-state index is 5.94. The second-order valence-electron chi connectivity index (χ2n) is 5.49. The molecule has 0 bridgehead atoms. The number of halogens is 1. The van der Waals surface area contributed by atoms with Crippen molar-refractivity contribution in [3.63, 3.8) is 0 Å². The maximum atomic E-state index is 5.94. The van der Waals surface area contributed by atoms with Crippen molar-refractivity contribution in [2.24, 2.45) is 0 Å². The lowest BCUT2D eigenvalue weighted by molar-refractivity contribution is 0.188. The van der Waals surface area contributed by atoms with Crippen molar-refractivity contribution < 1.29 is 0 Å². The summed E-state index contributed by atoms with van der Waals surface area (Å²) in [5.41, 5.74) is 1.29. The molecule has 0 aliphatic carbocycles. The molecule has 1 atom stereocenters. The van der Waals surface area contributed by atoms with Gasteiger partial charge in [0.15, 0.2) is 0 Å². The molecule has 1 saturated heterocycles. The van der Waals surface area contributed by atoms with E-state index in [1.165, 1.54) is 12.1 Å². The molecule has 1 aliphatic rings. The molecule has 20 heavy (non-hydrogen) atoms. The Bertz CT molecular complexity index is 385. The summed E-state index contributed by atoms with van der Waals surface area (Å²) >= 11 is 5.94. The third-order valence-corrected chi connectivity index (χ3v) is 4.37. The van der Waals surface area contributed by atoms with Crippen LogP contribution in [0.4, 0.5) is 5.69 Å². The zero-order valence-electron chi connectivity index (χ0n) is 12.6. The van der Waals surface area contributed by atoms with Gasteiger partial charge in [-0.05, 0) is 50.7 Å². The molecule has 0 saturated carbocycles. The van der Waals surface area contributed by atoms with Gasteiger partial charge in [0.25, 0.3) is 0 Å². The summed E-state index contributed by atoms with van der Waals surface area (Å²) in [5, 5.41) is 4.22. The standard InChI is InChI=1S/C16H26ClN3/c1-3-18-9-8-14(2)19-10-12-20(13-11-19)16-6-4-15(17)5-7-16/h4-7,14,18H,3,8-13H2,1-2H3. The molecule has 4 heteroatoms. The van der Waals surface area contributed by atoms with Crippen molar-refractivity contribution >= 4 is 17.3 Å². The van der Waals surface area contributed by atoms with Gasteiger partial charge in [0.1, 0.15) is 0 Å². The Morgan fingerprint density at radius 1 is 1.15 bits per heavy atom. The Morgan fingerprint density at radius 3 is 2.40 bits per heavy atom. The highest BCUT2D eigenvalue weighted by Gasteiger charge is 2.20. The van der Waals surface area contributed by atoms with E-state index in [0.717, 1.165) is 44.3 Å².